The summed E-state index contributed by atoms with van der Waals surface area (Å²) in [6.45, 7) is 19.7. The van der Waals surface area contributed by atoms with Crippen LogP contribution in [0.4, 0.5) is 4.79 Å². The van der Waals surface area contributed by atoms with Gasteiger partial charge >= 0.3 is 6.09 Å². The van der Waals surface area contributed by atoms with Gasteiger partial charge in [-0.1, -0.05) is 20.8 Å². The molecule has 2 rings (SSSR count). The minimum atomic E-state index is -1.82. The molecule has 0 aromatic carbocycles. The van der Waals surface area contributed by atoms with Gasteiger partial charge in [0.2, 0.25) is 0 Å². The Balaban J connectivity index is 2.05. The fourth-order valence-corrected chi connectivity index (χ4v) is 5.25. The standard InChI is InChI=1S/C22H43NO5Si/c1-21(2,3)28-20(24)23-11-10-17-16(13-23)12-19(26-15-25-7)18(17)14-27-29(8,9)22(4,5)6/h16-19H,10-15H2,1-9H3/t16-,17+,18-,19?/m0/s1. The van der Waals surface area contributed by atoms with Crippen molar-refractivity contribution in [3.8, 4) is 0 Å². The zero-order valence-corrected chi connectivity index (χ0v) is 21.0. The van der Waals surface area contributed by atoms with Gasteiger partial charge in [0.05, 0.1) is 6.10 Å². The number of hydrogen-bond donors (Lipinski definition) is 0. The number of nitrogens with zero attached hydrogens (tertiary/aromatic N) is 1. The Morgan fingerprint density at radius 1 is 1.14 bits per heavy atom. The Morgan fingerprint density at radius 3 is 2.34 bits per heavy atom. The molecule has 4 atom stereocenters. The van der Waals surface area contributed by atoms with Crippen LogP contribution in [0.15, 0.2) is 0 Å². The zero-order chi connectivity index (χ0) is 22.0. The molecule has 1 unspecified atom stereocenters. The number of hydrogen-bond acceptors (Lipinski definition) is 5. The van der Waals surface area contributed by atoms with E-state index in [0.29, 0.717) is 24.5 Å². The molecule has 0 bridgehead atoms. The van der Waals surface area contributed by atoms with Crippen molar-refractivity contribution < 1.29 is 23.4 Å². The third kappa shape index (κ3) is 6.42. The van der Waals surface area contributed by atoms with Gasteiger partial charge in [-0.05, 0) is 63.6 Å². The van der Waals surface area contributed by atoms with Crippen molar-refractivity contribution in [1.82, 2.24) is 4.90 Å². The molecule has 0 aromatic heterocycles. The summed E-state index contributed by atoms with van der Waals surface area (Å²) in [5.41, 5.74) is -0.465. The molecule has 1 aliphatic carbocycles. The molecule has 0 spiro atoms. The van der Waals surface area contributed by atoms with Crippen LogP contribution >= 0.6 is 0 Å². The predicted octanol–water partition coefficient (Wildman–Crippen LogP) is 4.89. The first-order valence-corrected chi connectivity index (χ1v) is 13.9. The van der Waals surface area contributed by atoms with Crippen molar-refractivity contribution in [1.29, 1.82) is 0 Å². The first-order chi connectivity index (χ1) is 13.2. The molecular weight excluding hydrogens is 386 g/mol. The van der Waals surface area contributed by atoms with Gasteiger partial charge in [-0.3, -0.25) is 0 Å². The SMILES string of the molecule is COCOC1C[C@H]2CN(C(=O)OC(C)(C)C)CC[C@H]2[C@@H]1CO[Si](C)(C)C(C)(C)C. The zero-order valence-electron chi connectivity index (χ0n) is 20.0. The molecule has 7 heteroatoms. The van der Waals surface area contributed by atoms with E-state index in [0.717, 1.165) is 32.5 Å². The molecule has 0 N–H and O–H groups in total. The lowest BCUT2D eigenvalue weighted by molar-refractivity contribution is -0.0921. The van der Waals surface area contributed by atoms with E-state index >= 15 is 0 Å². The first kappa shape index (κ1) is 24.6. The molecule has 0 radical (unpaired) electrons. The quantitative estimate of drug-likeness (QED) is 0.444. The molecule has 1 aliphatic heterocycles. The van der Waals surface area contributed by atoms with Crippen molar-refractivity contribution in [2.75, 3.05) is 33.6 Å². The number of fused-ring (bicyclic) bond motifs is 1. The van der Waals surface area contributed by atoms with Crippen LogP contribution in [0.25, 0.3) is 0 Å². The smallest absolute Gasteiger partial charge is 0.410 e. The lowest BCUT2D eigenvalue weighted by atomic mass is 9.83. The van der Waals surface area contributed by atoms with Crippen LogP contribution in [-0.2, 0) is 18.6 Å². The lowest BCUT2D eigenvalue weighted by Crippen LogP contribution is -2.47. The van der Waals surface area contributed by atoms with E-state index in [1.54, 1.807) is 7.11 Å². The number of carbonyl (C=O) groups excluding carboxylic acids is 1. The number of carbonyl (C=O) groups is 1. The van der Waals surface area contributed by atoms with Gasteiger partial charge < -0.3 is 23.5 Å². The number of likely N-dealkylation sites (tertiary alicyclic amines) is 1. The molecule has 1 amide bonds. The molecule has 1 saturated heterocycles. The maximum absolute atomic E-state index is 12.5. The molecule has 2 aliphatic rings. The summed E-state index contributed by atoms with van der Waals surface area (Å²) in [5, 5.41) is 0.188. The monoisotopic (exact) mass is 429 g/mol. The highest BCUT2D eigenvalue weighted by Gasteiger charge is 2.48. The summed E-state index contributed by atoms with van der Waals surface area (Å²) in [4.78, 5) is 14.4. The molecule has 170 valence electrons. The number of ether oxygens (including phenoxy) is 3. The Kier molecular flexibility index (Phi) is 7.85. The van der Waals surface area contributed by atoms with E-state index in [1.807, 2.05) is 25.7 Å². The van der Waals surface area contributed by atoms with Gasteiger partial charge in [-0.25, -0.2) is 4.79 Å². The summed E-state index contributed by atoms with van der Waals surface area (Å²) in [7, 11) is -0.159. The second-order valence-corrected chi connectivity index (χ2v) is 16.0. The maximum Gasteiger partial charge on any atom is 0.410 e. The topological polar surface area (TPSA) is 57.2 Å². The normalized spacial score (nSPS) is 28.4. The Labute approximate surface area is 178 Å². The van der Waals surface area contributed by atoms with Crippen molar-refractivity contribution in [3.63, 3.8) is 0 Å². The Hall–Kier alpha value is -0.633. The van der Waals surface area contributed by atoms with Gasteiger partial charge in [0.15, 0.2) is 8.32 Å². The van der Waals surface area contributed by atoms with E-state index < -0.39 is 13.9 Å². The Bertz CT molecular complexity index is 554. The summed E-state index contributed by atoms with van der Waals surface area (Å²) >= 11 is 0. The summed E-state index contributed by atoms with van der Waals surface area (Å²) in [5.74, 6) is 1.29. The van der Waals surface area contributed by atoms with Gasteiger partial charge in [-0.2, -0.15) is 0 Å². The average molecular weight is 430 g/mol. The molecule has 2 fully saturated rings. The largest absolute Gasteiger partial charge is 0.444 e. The third-order valence-corrected chi connectivity index (χ3v) is 11.4. The molecule has 6 nitrogen and oxygen atoms in total. The third-order valence-electron chi connectivity index (χ3n) is 6.85. The summed E-state index contributed by atoms with van der Waals surface area (Å²) in [6, 6.07) is 0. The van der Waals surface area contributed by atoms with Crippen molar-refractivity contribution >= 4 is 14.4 Å². The average Bonchev–Trinajstić information content (AvgIpc) is 2.92. The minimum absolute atomic E-state index is 0.119. The van der Waals surface area contributed by atoms with Gasteiger partial charge in [-0.15, -0.1) is 0 Å². The van der Waals surface area contributed by atoms with Crippen LogP contribution in [0.2, 0.25) is 18.1 Å². The van der Waals surface area contributed by atoms with Crippen LogP contribution in [0.1, 0.15) is 54.4 Å². The number of piperidine rings is 1. The van der Waals surface area contributed by atoms with Crippen LogP contribution in [0.5, 0.6) is 0 Å². The van der Waals surface area contributed by atoms with Gasteiger partial charge in [0.1, 0.15) is 12.4 Å². The number of amides is 1. The predicted molar refractivity (Wildman–Crippen MR) is 117 cm³/mol. The molecule has 1 saturated carbocycles. The van der Waals surface area contributed by atoms with Crippen LogP contribution < -0.4 is 0 Å². The van der Waals surface area contributed by atoms with Crippen molar-refractivity contribution in [3.05, 3.63) is 0 Å². The van der Waals surface area contributed by atoms with Gasteiger partial charge in [0.25, 0.3) is 0 Å². The fraction of sp³-hybridized carbons (Fsp3) is 0.955. The maximum atomic E-state index is 12.5. The first-order valence-electron chi connectivity index (χ1n) is 11.0. The highest BCUT2D eigenvalue weighted by molar-refractivity contribution is 6.74. The van der Waals surface area contributed by atoms with E-state index in [2.05, 4.69) is 33.9 Å². The highest BCUT2D eigenvalue weighted by Crippen LogP contribution is 2.45. The second kappa shape index (κ2) is 9.24. The molecule has 1 heterocycles. The van der Waals surface area contributed by atoms with Crippen molar-refractivity contribution in [2.24, 2.45) is 17.8 Å². The number of methoxy groups -OCH3 is 1. The van der Waals surface area contributed by atoms with E-state index in [1.165, 1.54) is 0 Å². The molecule has 0 aromatic rings. The van der Waals surface area contributed by atoms with E-state index in [9.17, 15) is 4.79 Å². The second-order valence-electron chi connectivity index (χ2n) is 11.2. The Morgan fingerprint density at radius 2 is 1.79 bits per heavy atom. The van der Waals surface area contributed by atoms with E-state index in [4.69, 9.17) is 18.6 Å². The highest BCUT2D eigenvalue weighted by atomic mass is 28.4. The van der Waals surface area contributed by atoms with Crippen LogP contribution in [0, 0.1) is 17.8 Å². The summed E-state index contributed by atoms with van der Waals surface area (Å²) < 4.78 is 23.4. The number of rotatable bonds is 6. The molecular formula is C22H43NO5Si. The van der Waals surface area contributed by atoms with Crippen LogP contribution in [0.3, 0.4) is 0 Å². The fourth-order valence-electron chi connectivity index (χ4n) is 4.20. The van der Waals surface area contributed by atoms with E-state index in [-0.39, 0.29) is 17.2 Å². The minimum Gasteiger partial charge on any atom is -0.444 e. The van der Waals surface area contributed by atoms with Crippen LogP contribution in [-0.4, -0.2) is 64.6 Å². The summed E-state index contributed by atoms with van der Waals surface area (Å²) in [6.07, 6.45) is 1.83. The van der Waals surface area contributed by atoms with Gasteiger partial charge in [0, 0.05) is 32.7 Å². The lowest BCUT2D eigenvalue weighted by Gasteiger charge is -2.40. The van der Waals surface area contributed by atoms with Crippen molar-refractivity contribution in [2.45, 2.75) is 84.2 Å². The molecule has 29 heavy (non-hydrogen) atoms.